The van der Waals surface area contributed by atoms with Gasteiger partial charge in [-0.3, -0.25) is 19.5 Å². The van der Waals surface area contributed by atoms with E-state index in [0.29, 0.717) is 49.4 Å². The van der Waals surface area contributed by atoms with Crippen LogP contribution >= 0.6 is 11.6 Å². The van der Waals surface area contributed by atoms with Gasteiger partial charge in [0.15, 0.2) is 6.61 Å². The molecule has 1 N–H and O–H groups in total. The van der Waals surface area contributed by atoms with Crippen LogP contribution in [0.1, 0.15) is 31.4 Å². The fourth-order valence-corrected chi connectivity index (χ4v) is 5.06. The monoisotopic (exact) mass is 484 g/mol. The molecule has 1 aliphatic heterocycles. The summed E-state index contributed by atoms with van der Waals surface area (Å²) < 4.78 is 5.62. The number of amides is 2. The molecule has 2 aliphatic rings. The van der Waals surface area contributed by atoms with Gasteiger partial charge in [0.2, 0.25) is 5.91 Å². The summed E-state index contributed by atoms with van der Waals surface area (Å²) in [6.45, 7) is 3.19. The summed E-state index contributed by atoms with van der Waals surface area (Å²) in [5.74, 6) is 1.07. The number of ether oxygens (including phenoxy) is 1. The molecule has 1 saturated carbocycles. The van der Waals surface area contributed by atoms with Gasteiger partial charge in [0.05, 0.1) is 6.04 Å². The first kappa shape index (κ1) is 24.5. The standard InChI is InChI=1S/C26H33ClN4O3/c27-21-8-10-23(11-9-21)34-19-24(32)30-15-17-31(18-16-30)25(20-5-1-2-6-20)26(33)29-14-12-22-7-3-4-13-28-22/h3-4,7-11,13,20,25H,1-2,5-6,12,14-19H2,(H,29,33). The number of nitrogens with zero attached hydrogens (tertiary/aromatic N) is 3. The highest BCUT2D eigenvalue weighted by atomic mass is 35.5. The van der Waals surface area contributed by atoms with Crippen molar-refractivity contribution in [2.75, 3.05) is 39.3 Å². The van der Waals surface area contributed by atoms with E-state index in [-0.39, 0.29) is 24.5 Å². The Morgan fingerprint density at radius 3 is 2.47 bits per heavy atom. The van der Waals surface area contributed by atoms with Gasteiger partial charge in [-0.15, -0.1) is 0 Å². The lowest BCUT2D eigenvalue weighted by Crippen LogP contribution is -2.58. The van der Waals surface area contributed by atoms with Crippen LogP contribution in [0.2, 0.25) is 5.02 Å². The zero-order chi connectivity index (χ0) is 23.8. The quantitative estimate of drug-likeness (QED) is 0.591. The predicted octanol–water partition coefficient (Wildman–Crippen LogP) is 3.18. The highest BCUT2D eigenvalue weighted by molar-refractivity contribution is 6.30. The smallest absolute Gasteiger partial charge is 0.260 e. The van der Waals surface area contributed by atoms with Gasteiger partial charge < -0.3 is 15.0 Å². The van der Waals surface area contributed by atoms with E-state index in [2.05, 4.69) is 15.2 Å². The minimum absolute atomic E-state index is 0.00168. The molecule has 0 bridgehead atoms. The molecule has 182 valence electrons. The van der Waals surface area contributed by atoms with Crippen LogP contribution in [0, 0.1) is 5.92 Å². The molecule has 2 fully saturated rings. The van der Waals surface area contributed by atoms with E-state index in [4.69, 9.17) is 16.3 Å². The molecule has 0 radical (unpaired) electrons. The number of piperazine rings is 1. The second-order valence-electron chi connectivity index (χ2n) is 9.01. The molecule has 1 saturated heterocycles. The van der Waals surface area contributed by atoms with Crippen LogP contribution in [-0.2, 0) is 16.0 Å². The molecule has 0 spiro atoms. The van der Waals surface area contributed by atoms with Crippen molar-refractivity contribution in [1.29, 1.82) is 0 Å². The van der Waals surface area contributed by atoms with Crippen molar-refractivity contribution < 1.29 is 14.3 Å². The van der Waals surface area contributed by atoms with Crippen molar-refractivity contribution >= 4 is 23.4 Å². The van der Waals surface area contributed by atoms with E-state index in [0.717, 1.165) is 25.0 Å². The molecular weight excluding hydrogens is 452 g/mol. The van der Waals surface area contributed by atoms with Crippen molar-refractivity contribution in [2.24, 2.45) is 5.92 Å². The van der Waals surface area contributed by atoms with E-state index in [1.807, 2.05) is 23.1 Å². The first-order valence-corrected chi connectivity index (χ1v) is 12.6. The third kappa shape index (κ3) is 6.70. The van der Waals surface area contributed by atoms with Gasteiger partial charge in [-0.1, -0.05) is 30.5 Å². The number of rotatable bonds is 9. The van der Waals surface area contributed by atoms with Gasteiger partial charge in [-0.25, -0.2) is 0 Å². The van der Waals surface area contributed by atoms with E-state index in [1.54, 1.807) is 30.5 Å². The normalized spacial score (nSPS) is 18.0. The van der Waals surface area contributed by atoms with Crippen molar-refractivity contribution in [3.63, 3.8) is 0 Å². The summed E-state index contributed by atoms with van der Waals surface area (Å²) in [5, 5.41) is 3.78. The molecule has 7 nitrogen and oxygen atoms in total. The number of aromatic nitrogens is 1. The van der Waals surface area contributed by atoms with Crippen LogP contribution < -0.4 is 10.1 Å². The van der Waals surface area contributed by atoms with Crippen molar-refractivity contribution in [1.82, 2.24) is 20.1 Å². The maximum atomic E-state index is 13.2. The van der Waals surface area contributed by atoms with E-state index < -0.39 is 0 Å². The lowest BCUT2D eigenvalue weighted by atomic mass is 9.95. The molecule has 1 aromatic heterocycles. The van der Waals surface area contributed by atoms with Crippen LogP contribution in [0.25, 0.3) is 0 Å². The van der Waals surface area contributed by atoms with Gasteiger partial charge in [0, 0.05) is 56.1 Å². The minimum Gasteiger partial charge on any atom is -0.484 e. The third-order valence-electron chi connectivity index (χ3n) is 6.76. The molecule has 1 atom stereocenters. The van der Waals surface area contributed by atoms with Crippen molar-refractivity contribution in [2.45, 2.75) is 38.1 Å². The van der Waals surface area contributed by atoms with Crippen molar-refractivity contribution in [3.05, 3.63) is 59.4 Å². The Labute approximate surface area is 206 Å². The minimum atomic E-state index is -0.131. The Morgan fingerprint density at radius 2 is 1.79 bits per heavy atom. The molecule has 1 aromatic carbocycles. The Kier molecular flexibility index (Phi) is 8.77. The summed E-state index contributed by atoms with van der Waals surface area (Å²) in [7, 11) is 0. The van der Waals surface area contributed by atoms with E-state index >= 15 is 0 Å². The van der Waals surface area contributed by atoms with Crippen LogP contribution in [-0.4, -0.2) is 72.0 Å². The largest absolute Gasteiger partial charge is 0.484 e. The fraction of sp³-hybridized carbons (Fsp3) is 0.500. The number of pyridine rings is 1. The first-order chi connectivity index (χ1) is 16.6. The van der Waals surface area contributed by atoms with Crippen molar-refractivity contribution in [3.8, 4) is 5.75 Å². The molecule has 1 aliphatic carbocycles. The topological polar surface area (TPSA) is 74.8 Å². The summed E-state index contributed by atoms with van der Waals surface area (Å²) >= 11 is 5.89. The highest BCUT2D eigenvalue weighted by Gasteiger charge is 2.37. The number of carbonyl (C=O) groups excluding carboxylic acids is 2. The Bertz CT molecular complexity index is 927. The predicted molar refractivity (Wildman–Crippen MR) is 132 cm³/mol. The average Bonchev–Trinajstić information content (AvgIpc) is 3.39. The number of hydrogen-bond acceptors (Lipinski definition) is 5. The number of hydrogen-bond donors (Lipinski definition) is 1. The first-order valence-electron chi connectivity index (χ1n) is 12.2. The lowest BCUT2D eigenvalue weighted by molar-refractivity contribution is -0.137. The maximum absolute atomic E-state index is 13.2. The Morgan fingerprint density at radius 1 is 1.06 bits per heavy atom. The summed E-state index contributed by atoms with van der Waals surface area (Å²) in [4.78, 5) is 34.3. The van der Waals surface area contributed by atoms with Gasteiger partial charge in [0.25, 0.3) is 5.91 Å². The molecule has 34 heavy (non-hydrogen) atoms. The van der Waals surface area contributed by atoms with Crippen LogP contribution in [0.3, 0.4) is 0 Å². The van der Waals surface area contributed by atoms with Gasteiger partial charge >= 0.3 is 0 Å². The summed E-state index contributed by atoms with van der Waals surface area (Å²) in [5.41, 5.74) is 0.980. The van der Waals surface area contributed by atoms with Gasteiger partial charge in [0.1, 0.15) is 5.75 Å². The summed E-state index contributed by atoms with van der Waals surface area (Å²) in [6, 6.07) is 12.7. The number of carbonyl (C=O) groups is 2. The Hall–Kier alpha value is -2.64. The molecule has 4 rings (SSSR count). The third-order valence-corrected chi connectivity index (χ3v) is 7.01. The fourth-order valence-electron chi connectivity index (χ4n) is 4.93. The van der Waals surface area contributed by atoms with E-state index in [9.17, 15) is 9.59 Å². The maximum Gasteiger partial charge on any atom is 0.260 e. The van der Waals surface area contributed by atoms with Crippen LogP contribution in [0.4, 0.5) is 0 Å². The highest BCUT2D eigenvalue weighted by Crippen LogP contribution is 2.31. The summed E-state index contributed by atoms with van der Waals surface area (Å²) in [6.07, 6.45) is 7.05. The van der Waals surface area contributed by atoms with Gasteiger partial charge in [-0.05, 0) is 55.2 Å². The Balaban J connectivity index is 1.27. The molecule has 2 amide bonds. The number of nitrogens with one attached hydrogen (secondary N) is 1. The second-order valence-corrected chi connectivity index (χ2v) is 9.45. The van der Waals surface area contributed by atoms with Gasteiger partial charge in [-0.2, -0.15) is 0 Å². The van der Waals surface area contributed by atoms with Crippen LogP contribution in [0.5, 0.6) is 5.75 Å². The lowest BCUT2D eigenvalue weighted by Gasteiger charge is -2.40. The molecule has 2 heterocycles. The molecule has 2 aromatic rings. The zero-order valence-electron chi connectivity index (χ0n) is 19.5. The molecule has 8 heteroatoms. The second kappa shape index (κ2) is 12.2. The zero-order valence-corrected chi connectivity index (χ0v) is 20.3. The SMILES string of the molecule is O=C(NCCc1ccccn1)C(C1CCCC1)N1CCN(C(=O)COc2ccc(Cl)cc2)CC1. The number of benzene rings is 1. The van der Waals surface area contributed by atoms with E-state index in [1.165, 1.54) is 12.8 Å². The molecule has 1 unspecified atom stereocenters. The molecular formula is C26H33ClN4O3. The average molecular weight is 485 g/mol. The van der Waals surface area contributed by atoms with Crippen LogP contribution in [0.15, 0.2) is 48.7 Å². The number of halogens is 1.